The van der Waals surface area contributed by atoms with Gasteiger partial charge in [-0.1, -0.05) is 0 Å². The van der Waals surface area contributed by atoms with E-state index in [1.165, 1.54) is 24.9 Å². The predicted molar refractivity (Wildman–Crippen MR) is 118 cm³/mol. The van der Waals surface area contributed by atoms with E-state index in [2.05, 4.69) is 53.2 Å². The first-order valence-corrected chi connectivity index (χ1v) is 10.3. The van der Waals surface area contributed by atoms with Gasteiger partial charge >= 0.3 is 0 Å². The summed E-state index contributed by atoms with van der Waals surface area (Å²) in [4.78, 5) is 19.2. The number of pyridine rings is 3. The van der Waals surface area contributed by atoms with Crippen molar-refractivity contribution in [2.45, 2.75) is 19.3 Å². The molecule has 6 heterocycles. The predicted octanol–water partition coefficient (Wildman–Crippen LogP) is 4.55. The lowest BCUT2D eigenvalue weighted by molar-refractivity contribution is 0.579. The van der Waals surface area contributed by atoms with E-state index < -0.39 is 0 Å². The quantitative estimate of drug-likeness (QED) is 0.468. The minimum Gasteiger partial charge on any atom is -0.371 e. The van der Waals surface area contributed by atoms with Crippen molar-refractivity contribution in [1.82, 2.24) is 30.1 Å². The fraction of sp³-hybridized carbons (Fsp3) is 0.217. The Balaban J connectivity index is 1.47. The highest BCUT2D eigenvalue weighted by atomic mass is 15.1. The van der Waals surface area contributed by atoms with Gasteiger partial charge in [-0.2, -0.15) is 5.10 Å². The van der Waals surface area contributed by atoms with Crippen LogP contribution >= 0.6 is 0 Å². The molecule has 1 aliphatic rings. The summed E-state index contributed by atoms with van der Waals surface area (Å²) in [5, 5.41) is 9.88. The number of rotatable bonds is 3. The first kappa shape index (κ1) is 17.1. The topological polar surface area (TPSA) is 86.4 Å². The number of nitrogens with one attached hydrogen (secondary N) is 2. The lowest BCUT2D eigenvalue weighted by Crippen LogP contribution is -2.29. The number of aromatic amines is 2. The normalized spacial score (nSPS) is 14.6. The Hall–Kier alpha value is -3.74. The van der Waals surface area contributed by atoms with Crippen molar-refractivity contribution in [2.24, 2.45) is 0 Å². The zero-order valence-electron chi connectivity index (χ0n) is 16.5. The maximum absolute atomic E-state index is 4.59. The third kappa shape index (κ3) is 2.82. The molecule has 6 rings (SSSR count). The summed E-state index contributed by atoms with van der Waals surface area (Å²) in [6.07, 6.45) is 11.1. The van der Waals surface area contributed by atoms with Crippen molar-refractivity contribution in [1.29, 1.82) is 0 Å². The van der Waals surface area contributed by atoms with Gasteiger partial charge in [0.2, 0.25) is 0 Å². The van der Waals surface area contributed by atoms with Gasteiger partial charge in [-0.05, 0) is 49.6 Å². The van der Waals surface area contributed by atoms with E-state index in [1.807, 2.05) is 24.5 Å². The molecule has 0 bridgehead atoms. The molecule has 0 amide bonds. The second kappa shape index (κ2) is 6.95. The van der Waals surface area contributed by atoms with Gasteiger partial charge in [0.25, 0.3) is 0 Å². The molecular weight excluding hydrogens is 374 g/mol. The molecule has 2 N–H and O–H groups in total. The van der Waals surface area contributed by atoms with Crippen LogP contribution in [0.5, 0.6) is 0 Å². The van der Waals surface area contributed by atoms with Crippen LogP contribution in [-0.4, -0.2) is 43.2 Å². The van der Waals surface area contributed by atoms with Crippen LogP contribution in [0.3, 0.4) is 0 Å². The summed E-state index contributed by atoms with van der Waals surface area (Å²) in [6, 6.07) is 10.3. The van der Waals surface area contributed by atoms with Crippen LogP contribution in [0.2, 0.25) is 0 Å². The molecule has 0 aliphatic carbocycles. The molecule has 1 saturated heterocycles. The van der Waals surface area contributed by atoms with Crippen LogP contribution in [0.25, 0.3) is 44.6 Å². The highest BCUT2D eigenvalue weighted by Gasteiger charge is 2.18. The second-order valence-corrected chi connectivity index (χ2v) is 7.75. The number of aromatic nitrogens is 6. The number of hydrogen-bond acceptors (Lipinski definition) is 5. The van der Waals surface area contributed by atoms with E-state index in [0.29, 0.717) is 0 Å². The van der Waals surface area contributed by atoms with Crippen molar-refractivity contribution in [3.63, 3.8) is 0 Å². The molecule has 0 radical (unpaired) electrons. The Morgan fingerprint density at radius 3 is 2.60 bits per heavy atom. The first-order chi connectivity index (χ1) is 14.9. The maximum atomic E-state index is 4.59. The van der Waals surface area contributed by atoms with Crippen molar-refractivity contribution < 1.29 is 0 Å². The van der Waals surface area contributed by atoms with Crippen LogP contribution in [0, 0.1) is 0 Å². The summed E-state index contributed by atoms with van der Waals surface area (Å²) >= 11 is 0. The Kier molecular flexibility index (Phi) is 3.97. The zero-order chi connectivity index (χ0) is 19.9. The van der Waals surface area contributed by atoms with Crippen LogP contribution in [-0.2, 0) is 0 Å². The fourth-order valence-corrected chi connectivity index (χ4v) is 4.35. The fourth-order valence-electron chi connectivity index (χ4n) is 4.35. The smallest absolute Gasteiger partial charge is 0.139 e. The largest absolute Gasteiger partial charge is 0.371 e. The van der Waals surface area contributed by atoms with Crippen LogP contribution < -0.4 is 4.90 Å². The van der Waals surface area contributed by atoms with Crippen molar-refractivity contribution in [3.05, 3.63) is 55.1 Å². The highest BCUT2D eigenvalue weighted by molar-refractivity contribution is 5.99. The number of piperidine rings is 1. The number of hydrogen-bond donors (Lipinski definition) is 2. The molecule has 148 valence electrons. The van der Waals surface area contributed by atoms with Crippen LogP contribution in [0.4, 0.5) is 5.69 Å². The highest BCUT2D eigenvalue weighted by Crippen LogP contribution is 2.34. The molecule has 0 saturated carbocycles. The van der Waals surface area contributed by atoms with Gasteiger partial charge in [-0.3, -0.25) is 15.1 Å². The Bertz CT molecular complexity index is 1330. The molecule has 5 aromatic heterocycles. The molecule has 7 heteroatoms. The second-order valence-electron chi connectivity index (χ2n) is 7.75. The molecule has 1 fully saturated rings. The van der Waals surface area contributed by atoms with E-state index in [4.69, 9.17) is 0 Å². The Morgan fingerprint density at radius 1 is 0.867 bits per heavy atom. The molecule has 30 heavy (non-hydrogen) atoms. The molecule has 0 aromatic carbocycles. The summed E-state index contributed by atoms with van der Waals surface area (Å²) in [5.41, 5.74) is 6.82. The SMILES string of the molecule is c1cc(-c2cc3c(-c4cc5c(N6CCCCC6)ccnc5[nH]4)n[nH]c3cn2)ccn1. The van der Waals surface area contributed by atoms with E-state index >= 15 is 0 Å². The zero-order valence-corrected chi connectivity index (χ0v) is 16.5. The Morgan fingerprint density at radius 2 is 1.73 bits per heavy atom. The van der Waals surface area contributed by atoms with Gasteiger partial charge in [-0.25, -0.2) is 4.98 Å². The number of anilines is 1. The van der Waals surface area contributed by atoms with Gasteiger partial charge in [0, 0.05) is 53.7 Å². The summed E-state index contributed by atoms with van der Waals surface area (Å²) in [7, 11) is 0. The standard InChI is InChI=1S/C23H21N7/c1-2-10-30(11-3-1)21-6-9-25-23-17(21)13-19(27-23)22-16-12-18(15-4-7-24-8-5-15)26-14-20(16)28-29-22/h4-9,12-14H,1-3,10-11H2,(H,25,27)(H,28,29). The summed E-state index contributed by atoms with van der Waals surface area (Å²) in [5.74, 6) is 0. The number of fused-ring (bicyclic) bond motifs is 2. The van der Waals surface area contributed by atoms with E-state index in [0.717, 1.165) is 57.7 Å². The molecule has 0 spiro atoms. The molecular formula is C23H21N7. The van der Waals surface area contributed by atoms with Gasteiger partial charge < -0.3 is 9.88 Å². The minimum absolute atomic E-state index is 0.880. The molecule has 0 atom stereocenters. The molecule has 5 aromatic rings. The maximum Gasteiger partial charge on any atom is 0.139 e. The van der Waals surface area contributed by atoms with E-state index in [1.54, 1.807) is 12.4 Å². The summed E-state index contributed by atoms with van der Waals surface area (Å²) < 4.78 is 0. The first-order valence-electron chi connectivity index (χ1n) is 10.3. The van der Waals surface area contributed by atoms with Gasteiger partial charge in [0.15, 0.2) is 0 Å². The minimum atomic E-state index is 0.880. The monoisotopic (exact) mass is 395 g/mol. The lowest BCUT2D eigenvalue weighted by Gasteiger charge is -2.29. The molecule has 0 unspecified atom stereocenters. The van der Waals surface area contributed by atoms with Crippen molar-refractivity contribution in [2.75, 3.05) is 18.0 Å². The van der Waals surface area contributed by atoms with E-state index in [9.17, 15) is 0 Å². The molecule has 7 nitrogen and oxygen atoms in total. The lowest BCUT2D eigenvalue weighted by atomic mass is 10.1. The third-order valence-corrected chi connectivity index (χ3v) is 5.88. The average molecular weight is 395 g/mol. The molecule has 1 aliphatic heterocycles. The van der Waals surface area contributed by atoms with Crippen LogP contribution in [0.1, 0.15) is 19.3 Å². The van der Waals surface area contributed by atoms with Crippen molar-refractivity contribution in [3.8, 4) is 22.6 Å². The van der Waals surface area contributed by atoms with Gasteiger partial charge in [0.05, 0.1) is 23.1 Å². The summed E-state index contributed by atoms with van der Waals surface area (Å²) in [6.45, 7) is 2.21. The van der Waals surface area contributed by atoms with Crippen molar-refractivity contribution >= 4 is 27.6 Å². The number of H-pyrrole nitrogens is 2. The number of nitrogens with zero attached hydrogens (tertiary/aromatic N) is 5. The third-order valence-electron chi connectivity index (χ3n) is 5.88. The van der Waals surface area contributed by atoms with Crippen LogP contribution in [0.15, 0.2) is 55.1 Å². The Labute approximate surface area is 173 Å². The van der Waals surface area contributed by atoms with E-state index in [-0.39, 0.29) is 0 Å². The van der Waals surface area contributed by atoms with Gasteiger partial charge in [-0.15, -0.1) is 0 Å². The average Bonchev–Trinajstić information content (AvgIpc) is 3.43. The van der Waals surface area contributed by atoms with Gasteiger partial charge in [0.1, 0.15) is 11.3 Å².